The molecule has 8 heteroatoms. The molecule has 0 heterocycles. The van der Waals surface area contributed by atoms with E-state index < -0.39 is 27.6 Å². The summed E-state index contributed by atoms with van der Waals surface area (Å²) in [5.41, 5.74) is 0.984. The lowest BCUT2D eigenvalue weighted by Gasteiger charge is -2.21. The molecule has 5 nitrogen and oxygen atoms in total. The normalized spacial score (nSPS) is 11.2. The number of amides is 1. The van der Waals surface area contributed by atoms with Crippen molar-refractivity contribution in [3.8, 4) is 11.1 Å². The van der Waals surface area contributed by atoms with Crippen LogP contribution in [-0.4, -0.2) is 27.6 Å². The van der Waals surface area contributed by atoms with Gasteiger partial charge in [-0.2, -0.15) is 0 Å². The number of carbonyl (C=O) groups excluding carboxylic acids is 1. The molecule has 0 radical (unpaired) electrons. The first-order valence-electron chi connectivity index (χ1n) is 8.57. The molecule has 0 aliphatic carbocycles. The van der Waals surface area contributed by atoms with Gasteiger partial charge in [0.1, 0.15) is 0 Å². The second-order valence-corrected chi connectivity index (χ2v) is 8.40. The van der Waals surface area contributed by atoms with Gasteiger partial charge in [-0.05, 0) is 35.9 Å². The van der Waals surface area contributed by atoms with Gasteiger partial charge in [0.25, 0.3) is 5.91 Å². The summed E-state index contributed by atoms with van der Waals surface area (Å²) in [7, 11) is -2.28. The lowest BCUT2D eigenvalue weighted by atomic mass is 10.0. The highest BCUT2D eigenvalue weighted by Gasteiger charge is 2.20. The quantitative estimate of drug-likeness (QED) is 0.675. The van der Waals surface area contributed by atoms with E-state index in [-0.39, 0.29) is 22.5 Å². The van der Waals surface area contributed by atoms with Gasteiger partial charge in [-0.25, -0.2) is 17.2 Å². The molecule has 0 aromatic heterocycles. The number of anilines is 2. The Morgan fingerprint density at radius 3 is 2.31 bits per heavy atom. The number of nitrogens with one attached hydrogen (secondary N) is 1. The van der Waals surface area contributed by atoms with Crippen LogP contribution >= 0.6 is 0 Å². The zero-order valence-electron chi connectivity index (χ0n) is 15.7. The maximum absolute atomic E-state index is 14.2. The third-order valence-electron chi connectivity index (χ3n) is 4.38. The van der Waals surface area contributed by atoms with Crippen molar-refractivity contribution in [1.29, 1.82) is 0 Å². The van der Waals surface area contributed by atoms with Crippen molar-refractivity contribution in [2.75, 3.05) is 22.9 Å². The Hall–Kier alpha value is -3.26. The van der Waals surface area contributed by atoms with E-state index in [0.717, 1.165) is 16.6 Å². The third-order valence-corrected chi connectivity index (χ3v) is 5.57. The zero-order valence-corrected chi connectivity index (χ0v) is 16.5. The fourth-order valence-corrected chi connectivity index (χ4v) is 3.28. The highest BCUT2D eigenvalue weighted by molar-refractivity contribution is 7.92. The van der Waals surface area contributed by atoms with Gasteiger partial charge in [-0.3, -0.25) is 9.10 Å². The molecule has 0 bridgehead atoms. The zero-order chi connectivity index (χ0) is 21.2. The van der Waals surface area contributed by atoms with Gasteiger partial charge >= 0.3 is 0 Å². The summed E-state index contributed by atoms with van der Waals surface area (Å²) in [5, 5.41) is 2.66. The van der Waals surface area contributed by atoms with E-state index in [0.29, 0.717) is 5.56 Å². The summed E-state index contributed by atoms with van der Waals surface area (Å²) in [5.74, 6) is -2.50. The monoisotopic (exact) mass is 416 g/mol. The number of halogens is 2. The molecule has 3 aromatic rings. The standard InChI is InChI=1S/C21H18F2N2O3S/c1-25(29(2,27)28)19-12-11-15(16-9-6-10-17(22)20(16)23)13-18(19)24-21(26)14-7-4-3-5-8-14/h3-13H,1-2H3,(H,24,26). The van der Waals surface area contributed by atoms with Crippen LogP contribution in [0.5, 0.6) is 0 Å². The minimum Gasteiger partial charge on any atom is -0.320 e. The van der Waals surface area contributed by atoms with E-state index in [4.69, 9.17) is 0 Å². The largest absolute Gasteiger partial charge is 0.320 e. The van der Waals surface area contributed by atoms with Crippen LogP contribution in [0.2, 0.25) is 0 Å². The average molecular weight is 416 g/mol. The number of hydrogen-bond donors (Lipinski definition) is 1. The van der Waals surface area contributed by atoms with Crippen molar-refractivity contribution in [3.63, 3.8) is 0 Å². The number of sulfonamides is 1. The Kier molecular flexibility index (Phi) is 5.65. The smallest absolute Gasteiger partial charge is 0.255 e. The molecule has 0 saturated carbocycles. The SMILES string of the molecule is CN(c1ccc(-c2cccc(F)c2F)cc1NC(=O)c1ccccc1)S(C)(=O)=O. The topological polar surface area (TPSA) is 66.5 Å². The van der Waals surface area contributed by atoms with Crippen molar-refractivity contribution in [3.05, 3.63) is 83.9 Å². The predicted molar refractivity (Wildman–Crippen MR) is 109 cm³/mol. The number of benzene rings is 3. The van der Waals surface area contributed by atoms with Gasteiger partial charge in [-0.1, -0.05) is 36.4 Å². The first-order valence-corrected chi connectivity index (χ1v) is 10.4. The third kappa shape index (κ3) is 4.43. The number of carbonyl (C=O) groups is 1. The van der Waals surface area contributed by atoms with Crippen LogP contribution in [0.1, 0.15) is 10.4 Å². The van der Waals surface area contributed by atoms with Gasteiger partial charge in [0.15, 0.2) is 11.6 Å². The fraction of sp³-hybridized carbons (Fsp3) is 0.0952. The molecular weight excluding hydrogens is 398 g/mol. The molecule has 3 rings (SSSR count). The lowest BCUT2D eigenvalue weighted by molar-refractivity contribution is 0.102. The van der Waals surface area contributed by atoms with Gasteiger partial charge in [0.2, 0.25) is 10.0 Å². The summed E-state index contributed by atoms with van der Waals surface area (Å²) in [6.45, 7) is 0. The molecule has 150 valence electrons. The van der Waals surface area contributed by atoms with E-state index in [1.54, 1.807) is 30.3 Å². The van der Waals surface area contributed by atoms with Crippen molar-refractivity contribution in [2.24, 2.45) is 0 Å². The van der Waals surface area contributed by atoms with Crippen molar-refractivity contribution >= 4 is 27.3 Å². The average Bonchev–Trinajstić information content (AvgIpc) is 2.69. The summed E-state index contributed by atoms with van der Waals surface area (Å²) in [6, 6.07) is 16.4. The second-order valence-electron chi connectivity index (χ2n) is 6.38. The Balaban J connectivity index is 2.11. The van der Waals surface area contributed by atoms with Crippen LogP contribution in [0, 0.1) is 11.6 Å². The molecule has 0 atom stereocenters. The second kappa shape index (κ2) is 8.00. The van der Waals surface area contributed by atoms with E-state index >= 15 is 0 Å². The van der Waals surface area contributed by atoms with Crippen LogP contribution in [-0.2, 0) is 10.0 Å². The van der Waals surface area contributed by atoms with E-state index in [9.17, 15) is 22.0 Å². The molecule has 0 unspecified atom stereocenters. The van der Waals surface area contributed by atoms with E-state index in [1.807, 2.05) is 0 Å². The Labute approximate surface area is 167 Å². The molecule has 1 N–H and O–H groups in total. The maximum Gasteiger partial charge on any atom is 0.255 e. The Bertz CT molecular complexity index is 1170. The van der Waals surface area contributed by atoms with Gasteiger partial charge in [-0.15, -0.1) is 0 Å². The summed E-state index contributed by atoms with van der Waals surface area (Å²) in [4.78, 5) is 12.6. The van der Waals surface area contributed by atoms with Crippen molar-refractivity contribution in [2.45, 2.75) is 0 Å². The minimum atomic E-state index is -3.62. The predicted octanol–water partition coefficient (Wildman–Crippen LogP) is 4.28. The summed E-state index contributed by atoms with van der Waals surface area (Å²) in [6.07, 6.45) is 1.02. The molecule has 0 aliphatic heterocycles. The fourth-order valence-electron chi connectivity index (χ4n) is 2.77. The Morgan fingerprint density at radius 1 is 0.966 bits per heavy atom. The molecule has 0 aliphatic rings. The highest BCUT2D eigenvalue weighted by atomic mass is 32.2. The summed E-state index contributed by atoms with van der Waals surface area (Å²) < 4.78 is 52.8. The van der Waals surface area contributed by atoms with Crippen molar-refractivity contribution < 1.29 is 22.0 Å². The van der Waals surface area contributed by atoms with Crippen LogP contribution in [0.3, 0.4) is 0 Å². The first-order chi connectivity index (χ1) is 13.7. The molecule has 29 heavy (non-hydrogen) atoms. The van der Waals surface area contributed by atoms with E-state index in [2.05, 4.69) is 5.32 Å². The van der Waals surface area contributed by atoms with Gasteiger partial charge in [0, 0.05) is 18.2 Å². The molecular formula is C21H18F2N2O3S. The molecule has 0 fully saturated rings. The molecule has 0 saturated heterocycles. The van der Waals surface area contributed by atoms with Gasteiger partial charge < -0.3 is 5.32 Å². The van der Waals surface area contributed by atoms with Crippen LogP contribution in [0.4, 0.5) is 20.2 Å². The molecule has 1 amide bonds. The first kappa shape index (κ1) is 20.5. The number of rotatable bonds is 5. The lowest BCUT2D eigenvalue weighted by Crippen LogP contribution is -2.26. The van der Waals surface area contributed by atoms with Gasteiger partial charge in [0.05, 0.1) is 17.6 Å². The number of nitrogens with zero attached hydrogens (tertiary/aromatic N) is 1. The van der Waals surface area contributed by atoms with Crippen LogP contribution in [0.25, 0.3) is 11.1 Å². The van der Waals surface area contributed by atoms with Crippen LogP contribution in [0.15, 0.2) is 66.7 Å². The number of hydrogen-bond acceptors (Lipinski definition) is 3. The molecule has 0 spiro atoms. The summed E-state index contributed by atoms with van der Waals surface area (Å²) >= 11 is 0. The van der Waals surface area contributed by atoms with Crippen molar-refractivity contribution in [1.82, 2.24) is 0 Å². The van der Waals surface area contributed by atoms with E-state index in [1.165, 1.54) is 37.4 Å². The Morgan fingerprint density at radius 2 is 1.66 bits per heavy atom. The maximum atomic E-state index is 14.2. The highest BCUT2D eigenvalue weighted by Crippen LogP contribution is 2.34. The minimum absolute atomic E-state index is 0.00577. The molecule has 3 aromatic carbocycles. The van der Waals surface area contributed by atoms with Crippen LogP contribution < -0.4 is 9.62 Å².